The van der Waals surface area contributed by atoms with E-state index in [2.05, 4.69) is 73.6 Å². The Hall–Kier alpha value is -0.840. The molecule has 2 nitrogen and oxygen atoms in total. The number of methoxy groups -OCH3 is 1. The molecule has 0 aromatic heterocycles. The molecule has 0 aliphatic heterocycles. The fraction of sp³-hybridized carbons (Fsp3) is 0.294. The Balaban J connectivity index is 1.72. The summed E-state index contributed by atoms with van der Waals surface area (Å²) in [7, 11) is 1.68. The van der Waals surface area contributed by atoms with Gasteiger partial charge in [-0.1, -0.05) is 24.3 Å². The van der Waals surface area contributed by atoms with Crippen LogP contribution in [-0.2, 0) is 13.0 Å². The van der Waals surface area contributed by atoms with Crippen molar-refractivity contribution in [2.75, 3.05) is 7.11 Å². The molecule has 0 amide bonds. The highest BCUT2D eigenvalue weighted by atomic mass is 79.9. The molecule has 2 aromatic rings. The van der Waals surface area contributed by atoms with E-state index in [1.807, 2.05) is 0 Å². The summed E-state index contributed by atoms with van der Waals surface area (Å²) in [6, 6.07) is 13.4. The van der Waals surface area contributed by atoms with Gasteiger partial charge < -0.3 is 10.1 Å². The van der Waals surface area contributed by atoms with Crippen molar-refractivity contribution < 1.29 is 4.74 Å². The molecule has 0 saturated carbocycles. The van der Waals surface area contributed by atoms with Crippen molar-refractivity contribution in [2.45, 2.75) is 25.4 Å². The van der Waals surface area contributed by atoms with Gasteiger partial charge in [0, 0.05) is 12.6 Å². The number of nitrogens with one attached hydrogen (secondary N) is 1. The molecule has 1 atom stereocenters. The number of halogens is 2. The number of fused-ring (bicyclic) bond motifs is 1. The van der Waals surface area contributed by atoms with E-state index in [9.17, 15) is 0 Å². The summed E-state index contributed by atoms with van der Waals surface area (Å²) in [6.45, 7) is 0.847. The number of aryl methyl sites for hydroxylation is 1. The molecule has 110 valence electrons. The van der Waals surface area contributed by atoms with Crippen LogP contribution in [0.25, 0.3) is 0 Å². The summed E-state index contributed by atoms with van der Waals surface area (Å²) in [5.41, 5.74) is 4.16. The number of hydrogen-bond donors (Lipinski definition) is 1. The Bertz CT molecular complexity index is 634. The van der Waals surface area contributed by atoms with E-state index in [1.165, 1.54) is 29.5 Å². The SMILES string of the molecule is COc1c(Br)cc(CNC2CCc3ccccc32)cc1Br. The molecule has 21 heavy (non-hydrogen) atoms. The predicted molar refractivity (Wildman–Crippen MR) is 92.7 cm³/mol. The lowest BCUT2D eigenvalue weighted by atomic mass is 10.1. The smallest absolute Gasteiger partial charge is 0.147 e. The zero-order valence-corrected chi connectivity index (χ0v) is 15.0. The third-order valence-corrected chi connectivity index (χ3v) is 5.13. The van der Waals surface area contributed by atoms with Gasteiger partial charge in [-0.25, -0.2) is 0 Å². The summed E-state index contributed by atoms with van der Waals surface area (Å²) in [4.78, 5) is 0. The number of hydrogen-bond acceptors (Lipinski definition) is 2. The predicted octanol–water partition coefficient (Wildman–Crippen LogP) is 5.00. The molecular weight excluding hydrogens is 394 g/mol. The van der Waals surface area contributed by atoms with Crippen LogP contribution in [0.1, 0.15) is 29.2 Å². The first-order valence-corrected chi connectivity index (χ1v) is 8.60. The van der Waals surface area contributed by atoms with Gasteiger partial charge in [-0.2, -0.15) is 0 Å². The Morgan fingerprint density at radius 1 is 1.19 bits per heavy atom. The van der Waals surface area contributed by atoms with Gasteiger partial charge >= 0.3 is 0 Å². The summed E-state index contributed by atoms with van der Waals surface area (Å²) in [6.07, 6.45) is 2.35. The molecule has 1 N–H and O–H groups in total. The van der Waals surface area contributed by atoms with Crippen molar-refractivity contribution in [3.63, 3.8) is 0 Å². The normalized spacial score (nSPS) is 16.8. The van der Waals surface area contributed by atoms with Gasteiger partial charge in [-0.15, -0.1) is 0 Å². The second-order valence-electron chi connectivity index (χ2n) is 5.26. The summed E-state index contributed by atoms with van der Waals surface area (Å²) < 4.78 is 7.29. The Kier molecular flexibility index (Phi) is 4.67. The Morgan fingerprint density at radius 2 is 1.90 bits per heavy atom. The third-order valence-electron chi connectivity index (χ3n) is 3.95. The Morgan fingerprint density at radius 3 is 2.62 bits per heavy atom. The molecule has 0 bridgehead atoms. The second-order valence-corrected chi connectivity index (χ2v) is 6.97. The van der Waals surface area contributed by atoms with Crippen LogP contribution in [0.5, 0.6) is 5.75 Å². The fourth-order valence-electron chi connectivity index (χ4n) is 2.92. The quantitative estimate of drug-likeness (QED) is 0.765. The van der Waals surface area contributed by atoms with Crippen LogP contribution in [0.4, 0.5) is 0 Å². The van der Waals surface area contributed by atoms with E-state index < -0.39 is 0 Å². The van der Waals surface area contributed by atoms with Crippen LogP contribution in [0.3, 0.4) is 0 Å². The molecule has 4 heteroatoms. The summed E-state index contributed by atoms with van der Waals surface area (Å²) >= 11 is 7.11. The van der Waals surface area contributed by atoms with Crippen molar-refractivity contribution in [3.8, 4) is 5.75 Å². The maximum atomic E-state index is 5.34. The highest BCUT2D eigenvalue weighted by molar-refractivity contribution is 9.11. The lowest BCUT2D eigenvalue weighted by Crippen LogP contribution is -2.18. The minimum absolute atomic E-state index is 0.459. The van der Waals surface area contributed by atoms with E-state index in [0.717, 1.165) is 21.2 Å². The van der Waals surface area contributed by atoms with Crippen molar-refractivity contribution >= 4 is 31.9 Å². The zero-order valence-electron chi connectivity index (χ0n) is 11.8. The molecule has 0 radical (unpaired) electrons. The molecular formula is C17H17Br2NO. The van der Waals surface area contributed by atoms with E-state index >= 15 is 0 Å². The molecule has 1 aliphatic rings. The maximum absolute atomic E-state index is 5.34. The molecule has 3 rings (SSSR count). The van der Waals surface area contributed by atoms with E-state index in [4.69, 9.17) is 4.74 Å². The third kappa shape index (κ3) is 3.17. The summed E-state index contributed by atoms with van der Waals surface area (Å²) in [5.74, 6) is 0.838. The van der Waals surface area contributed by atoms with Crippen LogP contribution < -0.4 is 10.1 Å². The summed E-state index contributed by atoms with van der Waals surface area (Å²) in [5, 5.41) is 3.66. The van der Waals surface area contributed by atoms with Crippen LogP contribution in [0, 0.1) is 0 Å². The second kappa shape index (κ2) is 6.51. The van der Waals surface area contributed by atoms with Crippen molar-refractivity contribution in [1.29, 1.82) is 0 Å². The van der Waals surface area contributed by atoms with E-state index in [-0.39, 0.29) is 0 Å². The Labute approximate surface area is 142 Å². The van der Waals surface area contributed by atoms with Crippen LogP contribution in [-0.4, -0.2) is 7.11 Å². The van der Waals surface area contributed by atoms with E-state index in [0.29, 0.717) is 6.04 Å². The van der Waals surface area contributed by atoms with Gasteiger partial charge in [-0.3, -0.25) is 0 Å². The number of benzene rings is 2. The van der Waals surface area contributed by atoms with Gasteiger partial charge in [-0.05, 0) is 73.5 Å². The minimum Gasteiger partial charge on any atom is -0.494 e. The highest BCUT2D eigenvalue weighted by Gasteiger charge is 2.21. The van der Waals surface area contributed by atoms with Gasteiger partial charge in [0.15, 0.2) is 0 Å². The first kappa shape index (κ1) is 15.1. The standard InChI is InChI=1S/C17H17Br2NO/c1-21-17-14(18)8-11(9-15(17)19)10-20-16-7-6-12-4-2-3-5-13(12)16/h2-5,8-9,16,20H,6-7,10H2,1H3. The van der Waals surface area contributed by atoms with Crippen LogP contribution in [0.2, 0.25) is 0 Å². The monoisotopic (exact) mass is 409 g/mol. The lowest BCUT2D eigenvalue weighted by Gasteiger charge is -2.15. The topological polar surface area (TPSA) is 21.3 Å². The zero-order chi connectivity index (χ0) is 14.8. The lowest BCUT2D eigenvalue weighted by molar-refractivity contribution is 0.409. The van der Waals surface area contributed by atoms with Gasteiger partial charge in [0.2, 0.25) is 0 Å². The van der Waals surface area contributed by atoms with Gasteiger partial charge in [0.25, 0.3) is 0 Å². The molecule has 0 spiro atoms. The van der Waals surface area contributed by atoms with Crippen molar-refractivity contribution in [1.82, 2.24) is 5.32 Å². The fourth-order valence-corrected chi connectivity index (χ4v) is 4.52. The molecule has 1 unspecified atom stereocenters. The molecule has 0 heterocycles. The molecule has 1 aliphatic carbocycles. The molecule has 0 fully saturated rings. The highest BCUT2D eigenvalue weighted by Crippen LogP contribution is 2.35. The number of ether oxygens (including phenoxy) is 1. The van der Waals surface area contributed by atoms with Crippen LogP contribution >= 0.6 is 31.9 Å². The van der Waals surface area contributed by atoms with Crippen molar-refractivity contribution in [3.05, 3.63) is 62.0 Å². The van der Waals surface area contributed by atoms with Gasteiger partial charge in [0.05, 0.1) is 16.1 Å². The minimum atomic E-state index is 0.459. The van der Waals surface area contributed by atoms with E-state index in [1.54, 1.807) is 7.11 Å². The average molecular weight is 411 g/mol. The van der Waals surface area contributed by atoms with Gasteiger partial charge in [0.1, 0.15) is 5.75 Å². The largest absolute Gasteiger partial charge is 0.494 e. The molecule has 0 saturated heterocycles. The van der Waals surface area contributed by atoms with Crippen molar-refractivity contribution in [2.24, 2.45) is 0 Å². The first-order valence-electron chi connectivity index (χ1n) is 7.02. The number of rotatable bonds is 4. The maximum Gasteiger partial charge on any atom is 0.147 e. The first-order chi connectivity index (χ1) is 10.2. The van der Waals surface area contributed by atoms with Crippen LogP contribution in [0.15, 0.2) is 45.3 Å². The molecule has 2 aromatic carbocycles. The average Bonchev–Trinajstić information content (AvgIpc) is 2.88.